The Morgan fingerprint density at radius 3 is 2.00 bits per heavy atom. The summed E-state index contributed by atoms with van der Waals surface area (Å²) in [5.74, 6) is 0. The second kappa shape index (κ2) is 5.19. The first-order valence-electron chi connectivity index (χ1n) is 6.12. The summed E-state index contributed by atoms with van der Waals surface area (Å²) >= 11 is 0. The van der Waals surface area contributed by atoms with Crippen LogP contribution in [0.15, 0.2) is 41.3 Å². The normalized spacial score (nSPS) is 11.7. The summed E-state index contributed by atoms with van der Waals surface area (Å²) in [6.07, 6.45) is 0.862. The molecule has 0 spiro atoms. The van der Waals surface area contributed by atoms with Crippen LogP contribution in [0.1, 0.15) is 17.0 Å². The number of benzene rings is 1. The third kappa shape index (κ3) is 3.24. The fraction of sp³-hybridized carbons (Fsp3) is 0.286. The summed E-state index contributed by atoms with van der Waals surface area (Å²) in [4.78, 5) is 0.157. The molecule has 5 heteroatoms. The van der Waals surface area contributed by atoms with Crippen LogP contribution >= 0.6 is 0 Å². The van der Waals surface area contributed by atoms with Crippen molar-refractivity contribution in [3.63, 3.8) is 0 Å². The molecule has 1 aromatic carbocycles. The molecule has 0 aliphatic carbocycles. The maximum Gasteiger partial charge on any atom is 0.238 e. The predicted molar refractivity (Wildman–Crippen MR) is 75.4 cm³/mol. The molecule has 0 radical (unpaired) electrons. The zero-order valence-corrected chi connectivity index (χ0v) is 11.9. The zero-order chi connectivity index (χ0) is 14.0. The van der Waals surface area contributed by atoms with Crippen LogP contribution in [0.25, 0.3) is 0 Å². The van der Waals surface area contributed by atoms with Gasteiger partial charge in [0.15, 0.2) is 0 Å². The molecule has 0 aliphatic rings. The van der Waals surface area contributed by atoms with Crippen molar-refractivity contribution >= 4 is 10.0 Å². The number of aromatic nitrogens is 1. The van der Waals surface area contributed by atoms with Gasteiger partial charge in [0.05, 0.1) is 4.90 Å². The average molecular weight is 278 g/mol. The minimum atomic E-state index is -3.60. The van der Waals surface area contributed by atoms with Crippen LogP contribution in [-0.4, -0.2) is 13.0 Å². The first-order chi connectivity index (χ1) is 8.88. The van der Waals surface area contributed by atoms with E-state index in [0.717, 1.165) is 18.5 Å². The van der Waals surface area contributed by atoms with Gasteiger partial charge in [-0.25, -0.2) is 13.6 Å². The summed E-state index contributed by atoms with van der Waals surface area (Å²) in [6.45, 7) is 5.05. The Hall–Kier alpha value is -1.59. The van der Waals surface area contributed by atoms with Crippen molar-refractivity contribution in [2.45, 2.75) is 31.7 Å². The van der Waals surface area contributed by atoms with Crippen molar-refractivity contribution < 1.29 is 8.42 Å². The van der Waals surface area contributed by atoms with Crippen LogP contribution in [-0.2, 0) is 23.0 Å². The second-order valence-electron chi connectivity index (χ2n) is 4.71. The van der Waals surface area contributed by atoms with Crippen LogP contribution < -0.4 is 5.14 Å². The van der Waals surface area contributed by atoms with Gasteiger partial charge >= 0.3 is 0 Å². The predicted octanol–water partition coefficient (Wildman–Crippen LogP) is 2.00. The monoisotopic (exact) mass is 278 g/mol. The van der Waals surface area contributed by atoms with Gasteiger partial charge in [-0.15, -0.1) is 0 Å². The Balaban J connectivity index is 2.09. The molecule has 0 saturated carbocycles. The first-order valence-corrected chi connectivity index (χ1v) is 7.67. The van der Waals surface area contributed by atoms with E-state index >= 15 is 0 Å². The van der Waals surface area contributed by atoms with Crippen LogP contribution in [0.3, 0.4) is 0 Å². The highest BCUT2D eigenvalue weighted by Gasteiger charge is 2.07. The van der Waals surface area contributed by atoms with Crippen molar-refractivity contribution in [1.29, 1.82) is 0 Å². The van der Waals surface area contributed by atoms with Crippen molar-refractivity contribution in [2.75, 3.05) is 0 Å². The zero-order valence-electron chi connectivity index (χ0n) is 11.1. The van der Waals surface area contributed by atoms with Gasteiger partial charge in [-0.1, -0.05) is 12.1 Å². The molecular formula is C14H18N2O2S. The molecule has 0 aliphatic heterocycles. The summed E-state index contributed by atoms with van der Waals surface area (Å²) < 4.78 is 24.5. The fourth-order valence-electron chi connectivity index (χ4n) is 2.14. The Labute approximate surface area is 113 Å². The molecule has 1 heterocycles. The molecule has 19 heavy (non-hydrogen) atoms. The molecule has 2 aromatic rings. The van der Waals surface area contributed by atoms with Crippen molar-refractivity contribution in [3.8, 4) is 0 Å². The lowest BCUT2D eigenvalue weighted by molar-refractivity contribution is 0.597. The van der Waals surface area contributed by atoms with Crippen LogP contribution in [0.4, 0.5) is 0 Å². The van der Waals surface area contributed by atoms with E-state index in [2.05, 4.69) is 30.5 Å². The number of nitrogens with two attached hydrogens (primary N) is 1. The van der Waals surface area contributed by atoms with Gasteiger partial charge < -0.3 is 4.57 Å². The topological polar surface area (TPSA) is 65.1 Å². The molecule has 0 fully saturated rings. The third-order valence-corrected chi connectivity index (χ3v) is 4.22. The van der Waals surface area contributed by atoms with Crippen molar-refractivity contribution in [3.05, 3.63) is 53.3 Å². The van der Waals surface area contributed by atoms with Gasteiger partial charge in [0, 0.05) is 17.9 Å². The maximum absolute atomic E-state index is 11.2. The van der Waals surface area contributed by atoms with Crippen LogP contribution in [0.2, 0.25) is 0 Å². The number of primary sulfonamides is 1. The number of rotatable bonds is 4. The highest BCUT2D eigenvalue weighted by molar-refractivity contribution is 7.89. The van der Waals surface area contributed by atoms with E-state index in [9.17, 15) is 8.42 Å². The van der Waals surface area contributed by atoms with E-state index in [1.807, 2.05) is 12.1 Å². The molecule has 0 unspecified atom stereocenters. The smallest absolute Gasteiger partial charge is 0.238 e. The molecule has 0 bridgehead atoms. The Morgan fingerprint density at radius 1 is 1.00 bits per heavy atom. The second-order valence-corrected chi connectivity index (χ2v) is 6.27. The Kier molecular flexibility index (Phi) is 3.78. The summed E-state index contributed by atoms with van der Waals surface area (Å²) in [6, 6.07) is 10.9. The fourth-order valence-corrected chi connectivity index (χ4v) is 2.65. The van der Waals surface area contributed by atoms with Crippen molar-refractivity contribution in [1.82, 2.24) is 4.57 Å². The van der Waals surface area contributed by atoms with Crippen LogP contribution in [0.5, 0.6) is 0 Å². The maximum atomic E-state index is 11.2. The van der Waals surface area contributed by atoms with E-state index in [1.54, 1.807) is 12.1 Å². The van der Waals surface area contributed by atoms with E-state index in [4.69, 9.17) is 5.14 Å². The minimum absolute atomic E-state index is 0.157. The minimum Gasteiger partial charge on any atom is -0.349 e. The van der Waals surface area contributed by atoms with Gasteiger partial charge in [0.25, 0.3) is 0 Å². The quantitative estimate of drug-likeness (QED) is 0.929. The molecule has 4 nitrogen and oxygen atoms in total. The summed E-state index contributed by atoms with van der Waals surface area (Å²) in [7, 11) is -3.60. The number of hydrogen-bond acceptors (Lipinski definition) is 2. The molecular weight excluding hydrogens is 260 g/mol. The SMILES string of the molecule is Cc1ccc(C)n1CCc1ccc(S(N)(=O)=O)cc1. The van der Waals surface area contributed by atoms with E-state index in [0.29, 0.717) is 0 Å². The highest BCUT2D eigenvalue weighted by Crippen LogP contribution is 2.12. The number of hydrogen-bond donors (Lipinski definition) is 1. The van der Waals surface area contributed by atoms with Gasteiger partial charge in [-0.05, 0) is 50.1 Å². The van der Waals surface area contributed by atoms with E-state index < -0.39 is 10.0 Å². The summed E-state index contributed by atoms with van der Waals surface area (Å²) in [5, 5.41) is 5.07. The lowest BCUT2D eigenvalue weighted by Crippen LogP contribution is -2.12. The Morgan fingerprint density at radius 2 is 1.53 bits per heavy atom. The molecule has 0 atom stereocenters. The van der Waals surface area contributed by atoms with Crippen LogP contribution in [0, 0.1) is 13.8 Å². The van der Waals surface area contributed by atoms with Crippen molar-refractivity contribution in [2.24, 2.45) is 5.14 Å². The van der Waals surface area contributed by atoms with Gasteiger partial charge in [0.1, 0.15) is 0 Å². The highest BCUT2D eigenvalue weighted by atomic mass is 32.2. The molecule has 102 valence electrons. The van der Waals surface area contributed by atoms with Gasteiger partial charge in [-0.2, -0.15) is 0 Å². The number of nitrogens with zero attached hydrogens (tertiary/aromatic N) is 1. The summed E-state index contributed by atoms with van der Waals surface area (Å²) in [5.41, 5.74) is 3.57. The Bertz CT molecular complexity index is 650. The largest absolute Gasteiger partial charge is 0.349 e. The van der Waals surface area contributed by atoms with Gasteiger partial charge in [0.2, 0.25) is 10.0 Å². The number of sulfonamides is 1. The van der Waals surface area contributed by atoms with E-state index in [1.165, 1.54) is 11.4 Å². The first kappa shape index (κ1) is 13.8. The average Bonchev–Trinajstić information content (AvgIpc) is 2.66. The van der Waals surface area contributed by atoms with E-state index in [-0.39, 0.29) is 4.90 Å². The molecule has 2 N–H and O–H groups in total. The lowest BCUT2D eigenvalue weighted by Gasteiger charge is -2.09. The molecule has 0 amide bonds. The number of aryl methyl sites for hydroxylation is 3. The standard InChI is InChI=1S/C14H18N2O2S/c1-11-3-4-12(2)16(11)10-9-13-5-7-14(8-6-13)19(15,17)18/h3-8H,9-10H2,1-2H3,(H2,15,17,18). The molecule has 2 rings (SSSR count). The molecule has 1 aromatic heterocycles. The molecule has 0 saturated heterocycles. The van der Waals surface area contributed by atoms with Gasteiger partial charge in [-0.3, -0.25) is 0 Å². The lowest BCUT2D eigenvalue weighted by atomic mass is 10.1. The third-order valence-electron chi connectivity index (χ3n) is 3.29.